The number of carbonyl (C=O) groups excluding carboxylic acids is 1. The van der Waals surface area contributed by atoms with Gasteiger partial charge in [0.2, 0.25) is 0 Å². The molecular weight excluding hydrogens is 650 g/mol. The number of hydrogen-bond donors (Lipinski definition) is 2. The largest absolute Gasteiger partial charge is 0.444 e. The molecule has 1 amide bonds. The fourth-order valence-electron chi connectivity index (χ4n) is 4.64. The Morgan fingerprint density at radius 3 is 2.27 bits per heavy atom. The van der Waals surface area contributed by atoms with Crippen LogP contribution in [-0.2, 0) is 27.3 Å². The normalized spacial score (nSPS) is 15.1. The van der Waals surface area contributed by atoms with Gasteiger partial charge in [0.25, 0.3) is 5.56 Å². The molecule has 0 radical (unpaired) electrons. The van der Waals surface area contributed by atoms with E-state index in [2.05, 4.69) is 10.4 Å². The Morgan fingerprint density at radius 2 is 1.70 bits per heavy atom. The summed E-state index contributed by atoms with van der Waals surface area (Å²) in [6.45, 7) is 7.12. The maximum absolute atomic E-state index is 14.3. The molecule has 2 heterocycles. The van der Waals surface area contributed by atoms with Crippen molar-refractivity contribution in [3.8, 4) is 0 Å². The predicted molar refractivity (Wildman–Crippen MR) is 160 cm³/mol. The molecule has 0 unspecified atom stereocenters. The highest BCUT2D eigenvalue weighted by atomic mass is 35.5. The first-order valence-corrected chi connectivity index (χ1v) is 15.8. The third kappa shape index (κ3) is 7.16. The van der Waals surface area contributed by atoms with Gasteiger partial charge in [-0.2, -0.15) is 17.8 Å². The number of rotatable bonds is 6. The van der Waals surface area contributed by atoms with Crippen molar-refractivity contribution in [2.75, 3.05) is 37.4 Å². The van der Waals surface area contributed by atoms with E-state index < -0.39 is 54.9 Å². The number of hydrogen-bond acceptors (Lipinski definition) is 8. The quantitative estimate of drug-likeness (QED) is 0.382. The standard InChI is InChI=1S/C27H30Cl2F3N5O6S/c1-5-44(41,42)20-7-6-15(28)12-19(20)34-37-23(38)16-13-18(27(30,31)32)17(21(29)22(16)33-24(37)39)14-35-8-10-36(11-9-35)25(40)43-26(2,3)4/h6-7,12-13,34H,5,8-11,14H2,1-4H3,(H,33,39). The number of anilines is 1. The molecule has 0 bridgehead atoms. The van der Waals surface area contributed by atoms with Crippen LogP contribution in [0.1, 0.15) is 38.8 Å². The lowest BCUT2D eigenvalue weighted by atomic mass is 10.0. The molecule has 1 aliphatic heterocycles. The van der Waals surface area contributed by atoms with Crippen molar-refractivity contribution in [1.82, 2.24) is 19.5 Å². The smallest absolute Gasteiger partial charge is 0.416 e. The van der Waals surface area contributed by atoms with Crippen LogP contribution in [0.2, 0.25) is 10.0 Å². The van der Waals surface area contributed by atoms with Crippen LogP contribution < -0.4 is 16.7 Å². The van der Waals surface area contributed by atoms with E-state index in [-0.39, 0.29) is 65.2 Å². The number of aromatic amines is 1. The van der Waals surface area contributed by atoms with Crippen molar-refractivity contribution >= 4 is 55.7 Å². The fraction of sp³-hybridized carbons (Fsp3) is 0.444. The molecule has 17 heteroatoms. The average molecular weight is 681 g/mol. The van der Waals surface area contributed by atoms with Crippen molar-refractivity contribution < 1.29 is 31.1 Å². The number of ether oxygens (including phenoxy) is 1. The van der Waals surface area contributed by atoms with Gasteiger partial charge in [-0.3, -0.25) is 15.1 Å². The van der Waals surface area contributed by atoms with Crippen LogP contribution in [-0.4, -0.2) is 71.5 Å². The number of benzene rings is 2. The second-order valence-corrected chi connectivity index (χ2v) is 14.2. The zero-order valence-corrected chi connectivity index (χ0v) is 26.5. The van der Waals surface area contributed by atoms with E-state index in [1.807, 2.05) is 0 Å². The number of alkyl halides is 3. The number of aromatic nitrogens is 2. The fourth-order valence-corrected chi connectivity index (χ4v) is 6.15. The molecule has 1 aromatic heterocycles. The van der Waals surface area contributed by atoms with E-state index in [0.717, 1.165) is 0 Å². The molecule has 0 saturated carbocycles. The molecule has 0 atom stereocenters. The van der Waals surface area contributed by atoms with Gasteiger partial charge in [-0.1, -0.05) is 30.1 Å². The highest BCUT2D eigenvalue weighted by molar-refractivity contribution is 7.91. The van der Waals surface area contributed by atoms with Crippen molar-refractivity contribution in [1.29, 1.82) is 0 Å². The molecular formula is C27H30Cl2F3N5O6S. The third-order valence-electron chi connectivity index (χ3n) is 6.84. The molecule has 240 valence electrons. The van der Waals surface area contributed by atoms with Crippen LogP contribution in [0.3, 0.4) is 0 Å². The topological polar surface area (TPSA) is 134 Å². The maximum Gasteiger partial charge on any atom is 0.416 e. The van der Waals surface area contributed by atoms with Gasteiger partial charge in [0.15, 0.2) is 9.84 Å². The van der Waals surface area contributed by atoms with E-state index in [9.17, 15) is 36.0 Å². The number of carbonyl (C=O) groups is 1. The number of fused-ring (bicyclic) bond motifs is 1. The molecule has 2 N–H and O–H groups in total. The minimum Gasteiger partial charge on any atom is -0.444 e. The Bertz CT molecular complexity index is 1830. The highest BCUT2D eigenvalue weighted by Gasteiger charge is 2.37. The van der Waals surface area contributed by atoms with Crippen molar-refractivity contribution in [3.63, 3.8) is 0 Å². The summed E-state index contributed by atoms with van der Waals surface area (Å²) in [5.74, 6) is -0.310. The maximum atomic E-state index is 14.3. The Balaban J connectivity index is 1.73. The first-order valence-electron chi connectivity index (χ1n) is 13.4. The predicted octanol–water partition coefficient (Wildman–Crippen LogP) is 4.74. The molecule has 0 spiro atoms. The Morgan fingerprint density at radius 1 is 1.07 bits per heavy atom. The third-order valence-corrected chi connectivity index (χ3v) is 9.27. The molecule has 1 saturated heterocycles. The summed E-state index contributed by atoms with van der Waals surface area (Å²) in [7, 11) is -3.85. The number of nitrogens with zero attached hydrogens (tertiary/aromatic N) is 3. The number of amides is 1. The summed E-state index contributed by atoms with van der Waals surface area (Å²) in [6, 6.07) is 4.25. The van der Waals surface area contributed by atoms with Crippen LogP contribution in [0.5, 0.6) is 0 Å². The van der Waals surface area contributed by atoms with Gasteiger partial charge >= 0.3 is 18.0 Å². The summed E-state index contributed by atoms with van der Waals surface area (Å²) in [5, 5.41) is -0.954. The first kappa shape index (κ1) is 33.6. The minimum absolute atomic E-state index is 0.0757. The minimum atomic E-state index is -4.93. The first-order chi connectivity index (χ1) is 20.3. The van der Waals surface area contributed by atoms with E-state index in [1.165, 1.54) is 30.0 Å². The monoisotopic (exact) mass is 679 g/mol. The van der Waals surface area contributed by atoms with Crippen LogP contribution in [0.15, 0.2) is 38.8 Å². The van der Waals surface area contributed by atoms with E-state index >= 15 is 0 Å². The summed E-state index contributed by atoms with van der Waals surface area (Å²) in [5.41, 5.74) is -2.71. The molecule has 2 aromatic carbocycles. The van der Waals surface area contributed by atoms with Crippen molar-refractivity contribution in [2.24, 2.45) is 0 Å². The van der Waals surface area contributed by atoms with Gasteiger partial charge < -0.3 is 14.6 Å². The number of sulfone groups is 1. The van der Waals surface area contributed by atoms with Gasteiger partial charge in [-0.05, 0) is 50.6 Å². The summed E-state index contributed by atoms with van der Waals surface area (Å²) >= 11 is 12.5. The van der Waals surface area contributed by atoms with Gasteiger partial charge in [0.05, 0.1) is 37.8 Å². The lowest BCUT2D eigenvalue weighted by Gasteiger charge is -2.36. The Kier molecular flexibility index (Phi) is 9.37. The van der Waals surface area contributed by atoms with Crippen LogP contribution >= 0.6 is 23.2 Å². The second-order valence-electron chi connectivity index (χ2n) is 11.1. The van der Waals surface area contributed by atoms with Crippen LogP contribution in [0.25, 0.3) is 10.9 Å². The molecule has 4 rings (SSSR count). The molecule has 1 aliphatic rings. The molecule has 44 heavy (non-hydrogen) atoms. The molecule has 11 nitrogen and oxygen atoms in total. The lowest BCUT2D eigenvalue weighted by Crippen LogP contribution is -2.49. The summed E-state index contributed by atoms with van der Waals surface area (Å²) in [4.78, 5) is 44.0. The number of piperazine rings is 1. The summed E-state index contributed by atoms with van der Waals surface area (Å²) < 4.78 is 73.9. The van der Waals surface area contributed by atoms with Gasteiger partial charge in [-0.15, -0.1) is 0 Å². The van der Waals surface area contributed by atoms with Crippen LogP contribution in [0, 0.1) is 0 Å². The van der Waals surface area contributed by atoms with E-state index in [0.29, 0.717) is 10.7 Å². The van der Waals surface area contributed by atoms with Gasteiger partial charge in [0, 0.05) is 37.7 Å². The number of halogens is 5. The average Bonchev–Trinajstić information content (AvgIpc) is 2.91. The van der Waals surface area contributed by atoms with E-state index in [4.69, 9.17) is 27.9 Å². The molecule has 3 aromatic rings. The van der Waals surface area contributed by atoms with Gasteiger partial charge in [0.1, 0.15) is 5.60 Å². The second kappa shape index (κ2) is 12.3. The molecule has 1 fully saturated rings. The summed E-state index contributed by atoms with van der Waals surface area (Å²) in [6.07, 6.45) is -5.46. The van der Waals surface area contributed by atoms with E-state index in [1.54, 1.807) is 25.7 Å². The Labute approximate surface area is 260 Å². The zero-order valence-electron chi connectivity index (χ0n) is 24.1. The SMILES string of the molecule is CCS(=O)(=O)c1ccc(Cl)cc1Nn1c(=O)[nH]c2c(Cl)c(CN3CCN(C(=O)OC(C)(C)C)CC3)c(C(F)(F)F)cc2c1=O. The number of nitrogens with one attached hydrogen (secondary N) is 2. The zero-order chi connectivity index (χ0) is 32.8. The lowest BCUT2D eigenvalue weighted by molar-refractivity contribution is -0.138. The van der Waals surface area contributed by atoms with Crippen molar-refractivity contribution in [3.05, 3.63) is 66.3 Å². The number of H-pyrrole nitrogens is 1. The van der Waals surface area contributed by atoms with Crippen LogP contribution in [0.4, 0.5) is 23.7 Å². The van der Waals surface area contributed by atoms with Gasteiger partial charge in [-0.25, -0.2) is 18.0 Å². The van der Waals surface area contributed by atoms with Crippen molar-refractivity contribution in [2.45, 2.75) is 50.9 Å². The molecule has 0 aliphatic carbocycles. The highest BCUT2D eigenvalue weighted by Crippen LogP contribution is 2.39. The Hall–Kier alpha value is -3.27.